The Balaban J connectivity index is 1.84. The van der Waals surface area contributed by atoms with Crippen LogP contribution in [0.1, 0.15) is 17.7 Å². The van der Waals surface area contributed by atoms with Gasteiger partial charge in [0.05, 0.1) is 11.0 Å². The molecule has 2 N–H and O–H groups in total. The fourth-order valence-electron chi connectivity index (χ4n) is 2.96. The van der Waals surface area contributed by atoms with Gasteiger partial charge >= 0.3 is 0 Å². The van der Waals surface area contributed by atoms with Gasteiger partial charge in [-0.15, -0.1) is 0 Å². The predicted octanol–water partition coefficient (Wildman–Crippen LogP) is 2.15. The number of para-hydroxylation sites is 2. The molecule has 1 heterocycles. The molecule has 0 radical (unpaired) electrons. The van der Waals surface area contributed by atoms with Gasteiger partial charge in [-0.2, -0.15) is 0 Å². The first-order valence-corrected chi connectivity index (χ1v) is 9.98. The van der Waals surface area contributed by atoms with Crippen molar-refractivity contribution in [2.75, 3.05) is 7.05 Å². The minimum Gasteiger partial charge on any atom is -0.359 e. The van der Waals surface area contributed by atoms with Crippen LogP contribution in [0.15, 0.2) is 57.8 Å². The lowest BCUT2D eigenvalue weighted by molar-refractivity contribution is -0.122. The average Bonchev–Trinajstić information content (AvgIpc) is 2.73. The van der Waals surface area contributed by atoms with Crippen LogP contribution in [0.25, 0.3) is 11.0 Å². The Kier molecular flexibility index (Phi) is 6.77. The van der Waals surface area contributed by atoms with Gasteiger partial charge in [-0.1, -0.05) is 46.3 Å². The van der Waals surface area contributed by atoms with Crippen LogP contribution in [-0.2, 0) is 29.1 Å². The third-order valence-electron chi connectivity index (χ3n) is 4.52. The van der Waals surface area contributed by atoms with Gasteiger partial charge in [0.15, 0.2) is 0 Å². The van der Waals surface area contributed by atoms with Crippen molar-refractivity contribution in [1.29, 1.82) is 0 Å². The summed E-state index contributed by atoms with van der Waals surface area (Å²) in [6.07, 6.45) is 0.368. The second-order valence-electron chi connectivity index (χ2n) is 6.48. The molecule has 0 aliphatic rings. The van der Waals surface area contributed by atoms with Gasteiger partial charge in [-0.25, -0.2) is 4.98 Å². The number of aromatic nitrogens is 2. The first-order chi connectivity index (χ1) is 14.0. The van der Waals surface area contributed by atoms with Crippen molar-refractivity contribution in [3.63, 3.8) is 0 Å². The van der Waals surface area contributed by atoms with E-state index in [9.17, 15) is 14.4 Å². The van der Waals surface area contributed by atoms with Gasteiger partial charge in [0.25, 0.3) is 5.56 Å². The average molecular weight is 457 g/mol. The highest BCUT2D eigenvalue weighted by atomic mass is 79.9. The fraction of sp³-hybridized carbons (Fsp3) is 0.238. The summed E-state index contributed by atoms with van der Waals surface area (Å²) in [5, 5.41) is 5.38. The van der Waals surface area contributed by atoms with E-state index in [-0.39, 0.29) is 42.5 Å². The third-order valence-corrected chi connectivity index (χ3v) is 5.30. The van der Waals surface area contributed by atoms with Crippen LogP contribution in [-0.4, -0.2) is 28.4 Å². The Labute approximate surface area is 176 Å². The summed E-state index contributed by atoms with van der Waals surface area (Å²) in [7, 11) is 1.55. The number of aryl methyl sites for hydroxylation is 1. The molecule has 2 aromatic carbocycles. The van der Waals surface area contributed by atoms with Crippen molar-refractivity contribution in [3.05, 3.63) is 74.6 Å². The van der Waals surface area contributed by atoms with Crippen LogP contribution in [0.5, 0.6) is 0 Å². The molecule has 29 heavy (non-hydrogen) atoms. The van der Waals surface area contributed by atoms with E-state index in [1.54, 1.807) is 25.2 Å². The summed E-state index contributed by atoms with van der Waals surface area (Å²) < 4.78 is 2.32. The number of carbonyl (C=O) groups excluding carboxylic acids is 2. The van der Waals surface area contributed by atoms with Crippen molar-refractivity contribution in [2.45, 2.75) is 25.9 Å². The van der Waals surface area contributed by atoms with Gasteiger partial charge in [0.1, 0.15) is 12.2 Å². The molecule has 0 saturated heterocycles. The molecule has 0 atom stereocenters. The maximum atomic E-state index is 12.9. The highest BCUT2D eigenvalue weighted by molar-refractivity contribution is 9.10. The second kappa shape index (κ2) is 9.47. The molecule has 0 unspecified atom stereocenters. The maximum Gasteiger partial charge on any atom is 0.273 e. The van der Waals surface area contributed by atoms with Crippen molar-refractivity contribution < 1.29 is 9.59 Å². The zero-order valence-electron chi connectivity index (χ0n) is 15.9. The van der Waals surface area contributed by atoms with E-state index >= 15 is 0 Å². The SMILES string of the molecule is CNC(=O)CCc1nc2ccccc2n(CC(=O)NCc2ccccc2Br)c1=O. The molecular weight excluding hydrogens is 436 g/mol. The van der Waals surface area contributed by atoms with E-state index < -0.39 is 0 Å². The number of fused-ring (bicyclic) bond motifs is 1. The zero-order valence-corrected chi connectivity index (χ0v) is 17.5. The molecule has 150 valence electrons. The summed E-state index contributed by atoms with van der Waals surface area (Å²) in [5.74, 6) is -0.450. The van der Waals surface area contributed by atoms with E-state index in [4.69, 9.17) is 0 Å². The standard InChI is InChI=1S/C21H21BrN4O3/c1-23-19(27)11-10-17-21(29)26(18-9-5-4-8-16(18)25-17)13-20(28)24-12-14-6-2-3-7-15(14)22/h2-9H,10-13H2,1H3,(H,23,27)(H,24,28). The smallest absolute Gasteiger partial charge is 0.273 e. The number of halogens is 1. The molecule has 3 aromatic rings. The van der Waals surface area contributed by atoms with Crippen molar-refractivity contribution in [2.24, 2.45) is 0 Å². The van der Waals surface area contributed by atoms with Gasteiger partial charge in [0, 0.05) is 30.9 Å². The normalized spacial score (nSPS) is 10.7. The van der Waals surface area contributed by atoms with Gasteiger partial charge in [-0.05, 0) is 23.8 Å². The number of nitrogens with zero attached hydrogens (tertiary/aromatic N) is 2. The Bertz CT molecular complexity index is 1110. The largest absolute Gasteiger partial charge is 0.359 e. The highest BCUT2D eigenvalue weighted by Gasteiger charge is 2.14. The van der Waals surface area contributed by atoms with Gasteiger partial charge < -0.3 is 10.6 Å². The second-order valence-corrected chi connectivity index (χ2v) is 7.33. The van der Waals surface area contributed by atoms with Crippen LogP contribution in [0, 0.1) is 0 Å². The van der Waals surface area contributed by atoms with Crippen molar-refractivity contribution in [3.8, 4) is 0 Å². The zero-order chi connectivity index (χ0) is 20.8. The van der Waals surface area contributed by atoms with E-state index in [0.29, 0.717) is 17.6 Å². The molecule has 0 spiro atoms. The fourth-order valence-corrected chi connectivity index (χ4v) is 3.38. The monoisotopic (exact) mass is 456 g/mol. The molecule has 0 saturated carbocycles. The number of carbonyl (C=O) groups is 2. The number of rotatable bonds is 7. The summed E-state index contributed by atoms with van der Waals surface area (Å²) in [6.45, 7) is 0.223. The minimum atomic E-state index is -0.358. The minimum absolute atomic E-state index is 0.126. The van der Waals surface area contributed by atoms with Crippen LogP contribution in [0.4, 0.5) is 0 Å². The molecule has 0 aliphatic carbocycles. The highest BCUT2D eigenvalue weighted by Crippen LogP contribution is 2.15. The van der Waals surface area contributed by atoms with E-state index in [1.807, 2.05) is 30.3 Å². The molecule has 0 fully saturated rings. The third kappa shape index (κ3) is 5.08. The Morgan fingerprint density at radius 3 is 2.55 bits per heavy atom. The number of amides is 2. The Hall–Kier alpha value is -3.00. The predicted molar refractivity (Wildman–Crippen MR) is 114 cm³/mol. The quantitative estimate of drug-likeness (QED) is 0.569. The molecule has 3 rings (SSSR count). The molecule has 2 amide bonds. The van der Waals surface area contributed by atoms with E-state index in [0.717, 1.165) is 10.0 Å². The summed E-state index contributed by atoms with van der Waals surface area (Å²) in [5.41, 5.74) is 2.04. The maximum absolute atomic E-state index is 12.9. The number of hydrogen-bond acceptors (Lipinski definition) is 4. The molecule has 0 aliphatic heterocycles. The summed E-state index contributed by atoms with van der Waals surface area (Å²) >= 11 is 3.45. The first-order valence-electron chi connectivity index (χ1n) is 9.18. The number of hydrogen-bond donors (Lipinski definition) is 2. The van der Waals surface area contributed by atoms with E-state index in [1.165, 1.54) is 4.57 Å². The molecule has 8 heteroatoms. The van der Waals surface area contributed by atoms with E-state index in [2.05, 4.69) is 31.5 Å². The summed E-state index contributed by atoms with van der Waals surface area (Å²) in [4.78, 5) is 41.4. The van der Waals surface area contributed by atoms with Gasteiger partial charge in [-0.3, -0.25) is 19.0 Å². The Morgan fingerprint density at radius 1 is 1.07 bits per heavy atom. The number of benzene rings is 2. The van der Waals surface area contributed by atoms with Crippen molar-refractivity contribution in [1.82, 2.24) is 20.2 Å². The van der Waals surface area contributed by atoms with Crippen LogP contribution in [0.3, 0.4) is 0 Å². The number of nitrogens with one attached hydrogen (secondary N) is 2. The molecule has 7 nitrogen and oxygen atoms in total. The lowest BCUT2D eigenvalue weighted by Gasteiger charge is -2.13. The lowest BCUT2D eigenvalue weighted by Crippen LogP contribution is -2.34. The first kappa shape index (κ1) is 20.7. The topological polar surface area (TPSA) is 93.1 Å². The van der Waals surface area contributed by atoms with Crippen LogP contribution < -0.4 is 16.2 Å². The van der Waals surface area contributed by atoms with Crippen molar-refractivity contribution >= 4 is 38.8 Å². The molecular formula is C21H21BrN4O3. The molecule has 0 bridgehead atoms. The van der Waals surface area contributed by atoms with Crippen LogP contribution >= 0.6 is 15.9 Å². The van der Waals surface area contributed by atoms with Crippen LogP contribution in [0.2, 0.25) is 0 Å². The lowest BCUT2D eigenvalue weighted by atomic mass is 10.2. The van der Waals surface area contributed by atoms with Gasteiger partial charge in [0.2, 0.25) is 11.8 Å². The summed E-state index contributed by atoms with van der Waals surface area (Å²) in [6, 6.07) is 14.8. The molecule has 1 aromatic heterocycles. The Morgan fingerprint density at radius 2 is 1.79 bits per heavy atom.